The SMILES string of the molecule is O=C(Nc1ccc(Cl)cn1)C1CCCN(C(=O)CNc2ccccc2Cl)C1. The number of rotatable bonds is 5. The van der Waals surface area contributed by atoms with Crippen molar-refractivity contribution in [1.29, 1.82) is 0 Å². The Balaban J connectivity index is 1.53. The highest BCUT2D eigenvalue weighted by molar-refractivity contribution is 6.33. The van der Waals surface area contributed by atoms with Crippen LogP contribution in [0.4, 0.5) is 11.5 Å². The van der Waals surface area contributed by atoms with Crippen LogP contribution in [-0.2, 0) is 9.59 Å². The molecule has 0 spiro atoms. The maximum absolute atomic E-state index is 12.5. The Morgan fingerprint density at radius 1 is 1.19 bits per heavy atom. The minimum absolute atomic E-state index is 0.0583. The van der Waals surface area contributed by atoms with Gasteiger partial charge in [-0.3, -0.25) is 9.59 Å². The van der Waals surface area contributed by atoms with E-state index in [1.54, 1.807) is 23.1 Å². The molecule has 2 aromatic rings. The normalized spacial score (nSPS) is 16.7. The fourth-order valence-corrected chi connectivity index (χ4v) is 3.30. The minimum atomic E-state index is -0.263. The number of likely N-dealkylation sites (tertiary alicyclic amines) is 1. The predicted molar refractivity (Wildman–Crippen MR) is 107 cm³/mol. The number of amides is 2. The fourth-order valence-electron chi connectivity index (χ4n) is 2.98. The van der Waals surface area contributed by atoms with Crippen molar-refractivity contribution in [3.8, 4) is 0 Å². The Morgan fingerprint density at radius 3 is 2.74 bits per heavy atom. The minimum Gasteiger partial charge on any atom is -0.375 e. The molecule has 0 aliphatic carbocycles. The lowest BCUT2D eigenvalue weighted by molar-refractivity contribution is -0.132. The van der Waals surface area contributed by atoms with Crippen molar-refractivity contribution in [3.05, 3.63) is 52.6 Å². The Hall–Kier alpha value is -2.31. The second kappa shape index (κ2) is 9.06. The van der Waals surface area contributed by atoms with Gasteiger partial charge in [0.2, 0.25) is 11.8 Å². The number of halogens is 2. The summed E-state index contributed by atoms with van der Waals surface area (Å²) in [4.78, 5) is 30.8. The Bertz CT molecular complexity index is 814. The van der Waals surface area contributed by atoms with E-state index in [0.717, 1.165) is 12.8 Å². The summed E-state index contributed by atoms with van der Waals surface area (Å²) in [6, 6.07) is 10.6. The van der Waals surface area contributed by atoms with E-state index in [2.05, 4.69) is 15.6 Å². The van der Waals surface area contributed by atoms with Gasteiger partial charge in [-0.15, -0.1) is 0 Å². The number of para-hydroxylation sites is 1. The van der Waals surface area contributed by atoms with Crippen molar-refractivity contribution in [2.75, 3.05) is 30.3 Å². The van der Waals surface area contributed by atoms with Crippen molar-refractivity contribution >= 4 is 46.5 Å². The monoisotopic (exact) mass is 406 g/mol. The van der Waals surface area contributed by atoms with Gasteiger partial charge in [-0.05, 0) is 37.1 Å². The maximum atomic E-state index is 12.5. The molecule has 0 saturated carbocycles. The van der Waals surface area contributed by atoms with E-state index < -0.39 is 0 Å². The molecule has 1 aromatic carbocycles. The van der Waals surface area contributed by atoms with Crippen molar-refractivity contribution < 1.29 is 9.59 Å². The van der Waals surface area contributed by atoms with Gasteiger partial charge < -0.3 is 15.5 Å². The highest BCUT2D eigenvalue weighted by Crippen LogP contribution is 2.21. The van der Waals surface area contributed by atoms with Crippen LogP contribution in [-0.4, -0.2) is 41.3 Å². The molecule has 1 aliphatic heterocycles. The zero-order valence-corrected chi connectivity index (χ0v) is 16.1. The molecule has 27 heavy (non-hydrogen) atoms. The van der Waals surface area contributed by atoms with Crippen molar-refractivity contribution in [3.63, 3.8) is 0 Å². The third-order valence-corrected chi connectivity index (χ3v) is 4.98. The first-order valence-corrected chi connectivity index (χ1v) is 9.47. The van der Waals surface area contributed by atoms with Crippen LogP contribution in [0.15, 0.2) is 42.6 Å². The lowest BCUT2D eigenvalue weighted by atomic mass is 9.97. The van der Waals surface area contributed by atoms with E-state index in [-0.39, 0.29) is 24.3 Å². The fraction of sp³-hybridized carbons (Fsp3) is 0.316. The van der Waals surface area contributed by atoms with E-state index in [9.17, 15) is 9.59 Å². The van der Waals surface area contributed by atoms with Gasteiger partial charge in [0.05, 0.1) is 28.2 Å². The number of nitrogens with zero attached hydrogens (tertiary/aromatic N) is 2. The van der Waals surface area contributed by atoms with Crippen LogP contribution in [0.3, 0.4) is 0 Å². The van der Waals surface area contributed by atoms with Crippen molar-refractivity contribution in [2.24, 2.45) is 5.92 Å². The quantitative estimate of drug-likeness (QED) is 0.793. The average Bonchev–Trinajstić information content (AvgIpc) is 2.69. The van der Waals surface area contributed by atoms with E-state index >= 15 is 0 Å². The summed E-state index contributed by atoms with van der Waals surface area (Å²) in [5.74, 6) is -0.00727. The predicted octanol–water partition coefficient (Wildman–Crippen LogP) is 3.68. The van der Waals surface area contributed by atoms with Gasteiger partial charge in [0.15, 0.2) is 0 Å². The molecule has 1 unspecified atom stereocenters. The smallest absolute Gasteiger partial charge is 0.241 e. The van der Waals surface area contributed by atoms with Crippen LogP contribution < -0.4 is 10.6 Å². The topological polar surface area (TPSA) is 74.3 Å². The zero-order valence-electron chi connectivity index (χ0n) is 14.6. The van der Waals surface area contributed by atoms with Gasteiger partial charge in [-0.2, -0.15) is 0 Å². The number of carbonyl (C=O) groups is 2. The lowest BCUT2D eigenvalue weighted by Crippen LogP contribution is -2.45. The molecule has 3 rings (SSSR count). The van der Waals surface area contributed by atoms with E-state index in [0.29, 0.717) is 34.6 Å². The van der Waals surface area contributed by atoms with Gasteiger partial charge in [-0.1, -0.05) is 35.3 Å². The molecule has 1 saturated heterocycles. The third kappa shape index (κ3) is 5.34. The molecule has 142 valence electrons. The molecular formula is C19H20Cl2N4O2. The average molecular weight is 407 g/mol. The summed E-state index contributed by atoms with van der Waals surface area (Å²) in [6.07, 6.45) is 3.00. The number of carbonyl (C=O) groups excluding carboxylic acids is 2. The van der Waals surface area contributed by atoms with Crippen LogP contribution in [0.2, 0.25) is 10.0 Å². The number of piperidine rings is 1. The van der Waals surface area contributed by atoms with Gasteiger partial charge in [0, 0.05) is 19.3 Å². The Labute approximate surface area is 167 Å². The standard InChI is InChI=1S/C19H20Cl2N4O2/c20-14-7-8-17(23-10-14)24-19(27)13-4-3-9-25(12-13)18(26)11-22-16-6-2-1-5-15(16)21/h1-2,5-8,10,13,22H,3-4,9,11-12H2,(H,23,24,27). The molecule has 1 fully saturated rings. The summed E-state index contributed by atoms with van der Waals surface area (Å²) in [7, 11) is 0. The van der Waals surface area contributed by atoms with Crippen LogP contribution in [0.1, 0.15) is 12.8 Å². The number of pyridine rings is 1. The lowest BCUT2D eigenvalue weighted by Gasteiger charge is -2.32. The molecule has 6 nitrogen and oxygen atoms in total. The molecule has 8 heteroatoms. The summed E-state index contributed by atoms with van der Waals surface area (Å²) in [5.41, 5.74) is 0.715. The molecular weight excluding hydrogens is 387 g/mol. The number of benzene rings is 1. The van der Waals surface area contributed by atoms with Crippen molar-refractivity contribution in [1.82, 2.24) is 9.88 Å². The number of nitrogens with one attached hydrogen (secondary N) is 2. The molecule has 2 N–H and O–H groups in total. The van der Waals surface area contributed by atoms with Gasteiger partial charge in [0.1, 0.15) is 5.82 Å². The third-order valence-electron chi connectivity index (χ3n) is 4.43. The summed E-state index contributed by atoms with van der Waals surface area (Å²) in [6.45, 7) is 1.17. The zero-order chi connectivity index (χ0) is 19.2. The van der Waals surface area contributed by atoms with Gasteiger partial charge in [0.25, 0.3) is 0 Å². The summed E-state index contributed by atoms with van der Waals surface area (Å²) < 4.78 is 0. The molecule has 1 aliphatic rings. The molecule has 0 radical (unpaired) electrons. The number of anilines is 2. The highest BCUT2D eigenvalue weighted by Gasteiger charge is 2.28. The van der Waals surface area contributed by atoms with E-state index in [1.807, 2.05) is 18.2 Å². The molecule has 0 bridgehead atoms. The first kappa shape index (κ1) is 19.5. The maximum Gasteiger partial charge on any atom is 0.241 e. The van der Waals surface area contributed by atoms with Gasteiger partial charge in [-0.25, -0.2) is 4.98 Å². The van der Waals surface area contributed by atoms with Crippen LogP contribution in [0, 0.1) is 5.92 Å². The molecule has 1 aromatic heterocycles. The second-order valence-electron chi connectivity index (χ2n) is 6.36. The first-order chi connectivity index (χ1) is 13.0. The summed E-state index contributed by atoms with van der Waals surface area (Å²) in [5, 5.41) is 6.91. The number of hydrogen-bond acceptors (Lipinski definition) is 4. The van der Waals surface area contributed by atoms with Crippen LogP contribution in [0.25, 0.3) is 0 Å². The van der Waals surface area contributed by atoms with Gasteiger partial charge >= 0.3 is 0 Å². The molecule has 2 heterocycles. The number of aromatic nitrogens is 1. The molecule has 2 amide bonds. The number of hydrogen-bond donors (Lipinski definition) is 2. The van der Waals surface area contributed by atoms with Crippen molar-refractivity contribution in [2.45, 2.75) is 12.8 Å². The van der Waals surface area contributed by atoms with E-state index in [4.69, 9.17) is 23.2 Å². The first-order valence-electron chi connectivity index (χ1n) is 8.71. The Morgan fingerprint density at radius 2 is 2.00 bits per heavy atom. The Kier molecular flexibility index (Phi) is 6.53. The van der Waals surface area contributed by atoms with E-state index in [1.165, 1.54) is 6.20 Å². The van der Waals surface area contributed by atoms with Crippen LogP contribution in [0.5, 0.6) is 0 Å². The highest BCUT2D eigenvalue weighted by atomic mass is 35.5. The second-order valence-corrected chi connectivity index (χ2v) is 7.21. The molecule has 1 atom stereocenters. The van der Waals surface area contributed by atoms with Crippen LogP contribution >= 0.6 is 23.2 Å². The largest absolute Gasteiger partial charge is 0.375 e. The summed E-state index contributed by atoms with van der Waals surface area (Å²) >= 11 is 11.9.